The summed E-state index contributed by atoms with van der Waals surface area (Å²) in [7, 11) is -2.36. The molecule has 2 rings (SSSR count). The lowest BCUT2D eigenvalue weighted by molar-refractivity contribution is 0.285. The third kappa shape index (κ3) is 6.10. The smallest absolute Gasteiger partial charge is 0.216 e. The number of hydrogen-bond donors (Lipinski definition) is 0. The summed E-state index contributed by atoms with van der Waals surface area (Å²) in [5.74, 6) is 1.10. The summed E-state index contributed by atoms with van der Waals surface area (Å²) in [6.07, 6.45) is 5.77. The van der Waals surface area contributed by atoms with E-state index in [2.05, 4.69) is 6.92 Å². The van der Waals surface area contributed by atoms with Crippen LogP contribution in [0.15, 0.2) is 52.3 Å². The van der Waals surface area contributed by atoms with Crippen LogP contribution in [0.4, 0.5) is 0 Å². The summed E-state index contributed by atoms with van der Waals surface area (Å²) in [5.41, 5.74) is 1.49. The van der Waals surface area contributed by atoms with Gasteiger partial charge in [-0.2, -0.15) is 5.26 Å². The highest BCUT2D eigenvalue weighted by Crippen LogP contribution is 2.30. The molecule has 0 radical (unpaired) electrons. The predicted molar refractivity (Wildman–Crippen MR) is 115 cm³/mol. The van der Waals surface area contributed by atoms with Crippen molar-refractivity contribution in [3.05, 3.63) is 58.5 Å². The van der Waals surface area contributed by atoms with Crippen LogP contribution in [-0.2, 0) is 9.84 Å². The molecule has 0 aromatic heterocycles. The van der Waals surface area contributed by atoms with Crippen molar-refractivity contribution in [3.63, 3.8) is 0 Å². The van der Waals surface area contributed by atoms with Gasteiger partial charge in [0.25, 0.3) is 0 Å². The van der Waals surface area contributed by atoms with Gasteiger partial charge in [-0.1, -0.05) is 49.9 Å². The number of ether oxygens (including phenoxy) is 2. The van der Waals surface area contributed by atoms with E-state index in [9.17, 15) is 13.7 Å². The van der Waals surface area contributed by atoms with E-state index >= 15 is 0 Å². The molecule has 0 atom stereocenters. The zero-order valence-corrected chi connectivity index (χ0v) is 18.0. The molecule has 0 saturated carbocycles. The summed E-state index contributed by atoms with van der Waals surface area (Å²) in [6, 6.07) is 13.4. The molecule has 0 spiro atoms. The van der Waals surface area contributed by atoms with E-state index in [0.717, 1.165) is 24.8 Å². The van der Waals surface area contributed by atoms with Crippen LogP contribution in [0.2, 0.25) is 0 Å². The molecule has 6 heteroatoms. The molecule has 2 aromatic carbocycles. The molecule has 0 aliphatic rings. The highest BCUT2D eigenvalue weighted by atomic mass is 32.2. The molecule has 0 heterocycles. The molecule has 0 bridgehead atoms. The number of benzene rings is 2. The number of hydrogen-bond acceptors (Lipinski definition) is 5. The van der Waals surface area contributed by atoms with Crippen molar-refractivity contribution in [3.8, 4) is 17.6 Å². The minimum atomic E-state index is -3.89. The fraction of sp³-hybridized carbons (Fsp3) is 0.348. The molecule has 154 valence electrons. The maximum absolute atomic E-state index is 12.8. The molecule has 0 aliphatic heterocycles. The van der Waals surface area contributed by atoms with Crippen LogP contribution in [0, 0.1) is 18.3 Å². The summed E-state index contributed by atoms with van der Waals surface area (Å²) >= 11 is 0. The second-order valence-corrected chi connectivity index (χ2v) is 8.67. The van der Waals surface area contributed by atoms with Crippen LogP contribution in [0.5, 0.6) is 11.5 Å². The molecule has 0 aliphatic carbocycles. The Morgan fingerprint density at radius 2 is 1.79 bits per heavy atom. The van der Waals surface area contributed by atoms with Crippen molar-refractivity contribution in [2.24, 2.45) is 0 Å². The number of unbranched alkanes of at least 4 members (excludes halogenated alkanes) is 3. The zero-order valence-electron chi connectivity index (χ0n) is 17.1. The topological polar surface area (TPSA) is 76.4 Å². The Hall–Kier alpha value is -2.78. The molecule has 29 heavy (non-hydrogen) atoms. The Bertz CT molecular complexity index is 987. The van der Waals surface area contributed by atoms with E-state index in [1.807, 2.05) is 13.0 Å². The first-order valence-electron chi connectivity index (χ1n) is 9.66. The molecule has 5 nitrogen and oxygen atoms in total. The average Bonchev–Trinajstić information content (AvgIpc) is 2.72. The van der Waals surface area contributed by atoms with Gasteiger partial charge in [0.15, 0.2) is 11.5 Å². The molecule has 2 aromatic rings. The number of sulfone groups is 1. The van der Waals surface area contributed by atoms with Crippen molar-refractivity contribution in [2.75, 3.05) is 13.7 Å². The van der Waals surface area contributed by atoms with Crippen LogP contribution in [0.25, 0.3) is 6.08 Å². The average molecular weight is 414 g/mol. The van der Waals surface area contributed by atoms with E-state index in [1.54, 1.807) is 30.3 Å². The van der Waals surface area contributed by atoms with Crippen LogP contribution >= 0.6 is 0 Å². The van der Waals surface area contributed by atoms with E-state index in [0.29, 0.717) is 23.7 Å². The normalized spacial score (nSPS) is 11.7. The van der Waals surface area contributed by atoms with Crippen molar-refractivity contribution in [2.45, 2.75) is 44.4 Å². The summed E-state index contributed by atoms with van der Waals surface area (Å²) in [6.45, 7) is 4.62. The van der Waals surface area contributed by atoms with Crippen LogP contribution < -0.4 is 9.47 Å². The Labute approximate surface area is 173 Å². The van der Waals surface area contributed by atoms with Gasteiger partial charge in [0.2, 0.25) is 9.84 Å². The van der Waals surface area contributed by atoms with Gasteiger partial charge in [-0.25, -0.2) is 8.42 Å². The van der Waals surface area contributed by atoms with Gasteiger partial charge in [0.05, 0.1) is 18.6 Å². The maximum atomic E-state index is 12.8. The van der Waals surface area contributed by atoms with Crippen molar-refractivity contribution in [1.82, 2.24) is 0 Å². The quantitative estimate of drug-likeness (QED) is 0.390. The highest BCUT2D eigenvalue weighted by molar-refractivity contribution is 7.95. The molecule has 0 N–H and O–H groups in total. The molecule has 0 fully saturated rings. The second-order valence-electron chi connectivity index (χ2n) is 6.76. The SMILES string of the molecule is CCCCCCOc1ccc(C=C(C#N)S(=O)(=O)c2ccc(C)cc2)cc1OC. The standard InChI is InChI=1S/C23H27NO4S/c1-4-5-6-7-14-28-22-13-10-19(16-23(22)27-3)15-21(17-24)29(25,26)20-11-8-18(2)9-12-20/h8-13,15-16H,4-7,14H2,1-3H3. The fourth-order valence-electron chi connectivity index (χ4n) is 2.77. The molecule has 0 amide bonds. The maximum Gasteiger partial charge on any atom is 0.216 e. The summed E-state index contributed by atoms with van der Waals surface area (Å²) < 4.78 is 36.7. The van der Waals surface area contributed by atoms with E-state index < -0.39 is 9.84 Å². The Kier molecular flexibility index (Phi) is 8.29. The van der Waals surface area contributed by atoms with Gasteiger partial charge < -0.3 is 9.47 Å². The summed E-state index contributed by atoms with van der Waals surface area (Å²) in [5, 5.41) is 9.45. The number of aryl methyl sites for hydroxylation is 1. The molecule has 0 unspecified atom stereocenters. The van der Waals surface area contributed by atoms with E-state index in [-0.39, 0.29) is 9.80 Å². The zero-order chi connectivity index (χ0) is 21.3. The monoisotopic (exact) mass is 413 g/mol. The fourth-order valence-corrected chi connectivity index (χ4v) is 3.93. The Balaban J connectivity index is 2.25. The first kappa shape index (κ1) is 22.5. The predicted octanol–water partition coefficient (Wildman–Crippen LogP) is 5.30. The Morgan fingerprint density at radius 3 is 2.41 bits per heavy atom. The van der Waals surface area contributed by atoms with Gasteiger partial charge in [-0.05, 0) is 49.2 Å². The first-order chi connectivity index (χ1) is 13.9. The highest BCUT2D eigenvalue weighted by Gasteiger charge is 2.21. The number of methoxy groups -OCH3 is 1. The second kappa shape index (κ2) is 10.7. The Morgan fingerprint density at radius 1 is 1.07 bits per heavy atom. The lowest BCUT2D eigenvalue weighted by atomic mass is 10.2. The third-order valence-electron chi connectivity index (χ3n) is 4.47. The van der Waals surface area contributed by atoms with Crippen LogP contribution in [-0.4, -0.2) is 22.1 Å². The van der Waals surface area contributed by atoms with Crippen molar-refractivity contribution in [1.29, 1.82) is 5.26 Å². The van der Waals surface area contributed by atoms with Crippen LogP contribution in [0.1, 0.15) is 43.7 Å². The number of nitrogens with zero attached hydrogens (tertiary/aromatic N) is 1. The van der Waals surface area contributed by atoms with Gasteiger partial charge >= 0.3 is 0 Å². The lowest BCUT2D eigenvalue weighted by Gasteiger charge is -2.11. The van der Waals surface area contributed by atoms with E-state index in [4.69, 9.17) is 9.47 Å². The first-order valence-corrected chi connectivity index (χ1v) is 11.1. The minimum Gasteiger partial charge on any atom is -0.493 e. The number of nitriles is 1. The molecule has 0 saturated heterocycles. The minimum absolute atomic E-state index is 0.0925. The van der Waals surface area contributed by atoms with Gasteiger partial charge in [0, 0.05) is 0 Å². The largest absolute Gasteiger partial charge is 0.493 e. The van der Waals surface area contributed by atoms with Gasteiger partial charge in [0.1, 0.15) is 11.0 Å². The molecular weight excluding hydrogens is 386 g/mol. The van der Waals surface area contributed by atoms with Crippen molar-refractivity contribution < 1.29 is 17.9 Å². The van der Waals surface area contributed by atoms with E-state index in [1.165, 1.54) is 31.7 Å². The van der Waals surface area contributed by atoms with Gasteiger partial charge in [-0.15, -0.1) is 0 Å². The third-order valence-corrected chi connectivity index (χ3v) is 6.15. The van der Waals surface area contributed by atoms with Gasteiger partial charge in [-0.3, -0.25) is 0 Å². The van der Waals surface area contributed by atoms with Crippen LogP contribution in [0.3, 0.4) is 0 Å². The number of rotatable bonds is 10. The lowest BCUT2D eigenvalue weighted by Crippen LogP contribution is -2.03. The molecular formula is C23H27NO4S. The summed E-state index contributed by atoms with van der Waals surface area (Å²) in [4.78, 5) is -0.230. The van der Waals surface area contributed by atoms with Crippen molar-refractivity contribution >= 4 is 15.9 Å². The number of allylic oxidation sites excluding steroid dienone is 1.